The molecule has 4 nitrogen and oxygen atoms in total. The van der Waals surface area contributed by atoms with Crippen molar-refractivity contribution in [2.45, 2.75) is 26.7 Å². The fourth-order valence-corrected chi connectivity index (χ4v) is 1.40. The van der Waals surface area contributed by atoms with Gasteiger partial charge in [0.1, 0.15) is 0 Å². The molecule has 0 amide bonds. The number of carboxylic acids is 2. The Morgan fingerprint density at radius 1 is 1.36 bits per heavy atom. The molecule has 80 valence electrons. The molecule has 0 spiro atoms. The highest BCUT2D eigenvalue weighted by Crippen LogP contribution is 2.21. The summed E-state index contributed by atoms with van der Waals surface area (Å²) in [5, 5.41) is 17.5. The van der Waals surface area contributed by atoms with E-state index in [9.17, 15) is 9.59 Å². The number of carbonyl (C=O) groups is 2. The molecule has 0 saturated heterocycles. The minimum Gasteiger partial charge on any atom is -0.481 e. The van der Waals surface area contributed by atoms with Crippen molar-refractivity contribution >= 4 is 11.9 Å². The van der Waals surface area contributed by atoms with Crippen molar-refractivity contribution in [3.05, 3.63) is 12.2 Å². The van der Waals surface area contributed by atoms with Crippen molar-refractivity contribution in [2.75, 3.05) is 0 Å². The van der Waals surface area contributed by atoms with Crippen molar-refractivity contribution in [3.8, 4) is 0 Å². The molecule has 0 aromatic carbocycles. The van der Waals surface area contributed by atoms with Gasteiger partial charge < -0.3 is 10.2 Å². The van der Waals surface area contributed by atoms with Crippen LogP contribution in [0.25, 0.3) is 0 Å². The second-order valence-corrected chi connectivity index (χ2v) is 3.16. The SMILES string of the molecule is CC=CC(C(=O)O)C(CC)CC(=O)O. The molecule has 2 N–H and O–H groups in total. The Balaban J connectivity index is 4.57. The third-order valence-corrected chi connectivity index (χ3v) is 2.15. The number of hydrogen-bond donors (Lipinski definition) is 2. The van der Waals surface area contributed by atoms with Crippen LogP contribution in [-0.4, -0.2) is 22.2 Å². The van der Waals surface area contributed by atoms with Gasteiger partial charge in [-0.15, -0.1) is 0 Å². The molecule has 2 atom stereocenters. The first kappa shape index (κ1) is 12.7. The van der Waals surface area contributed by atoms with Gasteiger partial charge in [0.25, 0.3) is 0 Å². The third kappa shape index (κ3) is 4.07. The number of carboxylic acid groups (broad SMARTS) is 2. The fourth-order valence-electron chi connectivity index (χ4n) is 1.40. The van der Waals surface area contributed by atoms with Crippen LogP contribution in [-0.2, 0) is 9.59 Å². The Kier molecular flexibility index (Phi) is 5.60. The Morgan fingerprint density at radius 3 is 2.21 bits per heavy atom. The summed E-state index contributed by atoms with van der Waals surface area (Å²) < 4.78 is 0. The normalized spacial score (nSPS) is 15.3. The Labute approximate surface area is 83.2 Å². The molecule has 0 aliphatic rings. The zero-order valence-corrected chi connectivity index (χ0v) is 8.43. The van der Waals surface area contributed by atoms with Crippen molar-refractivity contribution in [3.63, 3.8) is 0 Å². The molecule has 0 fully saturated rings. The standard InChI is InChI=1S/C10H16O4/c1-3-5-8(10(13)14)7(4-2)6-9(11)12/h3,5,7-8H,4,6H2,1-2H3,(H,11,12)(H,13,14). The average Bonchev–Trinajstić information content (AvgIpc) is 2.10. The van der Waals surface area contributed by atoms with E-state index >= 15 is 0 Å². The Hall–Kier alpha value is -1.32. The molecule has 0 rings (SSSR count). The molecule has 0 bridgehead atoms. The molecule has 0 aromatic rings. The van der Waals surface area contributed by atoms with Crippen LogP contribution in [0.3, 0.4) is 0 Å². The quantitative estimate of drug-likeness (QED) is 0.641. The van der Waals surface area contributed by atoms with E-state index in [1.807, 2.05) is 0 Å². The third-order valence-electron chi connectivity index (χ3n) is 2.15. The Morgan fingerprint density at radius 2 is 1.93 bits per heavy atom. The van der Waals surface area contributed by atoms with E-state index in [1.54, 1.807) is 26.0 Å². The van der Waals surface area contributed by atoms with E-state index in [-0.39, 0.29) is 12.3 Å². The maximum Gasteiger partial charge on any atom is 0.310 e. The molecule has 0 aromatic heterocycles. The first-order valence-corrected chi connectivity index (χ1v) is 4.60. The highest BCUT2D eigenvalue weighted by molar-refractivity contribution is 5.74. The highest BCUT2D eigenvalue weighted by Gasteiger charge is 2.25. The lowest BCUT2D eigenvalue weighted by Crippen LogP contribution is -2.23. The van der Waals surface area contributed by atoms with Crippen molar-refractivity contribution < 1.29 is 19.8 Å². The molecule has 0 aliphatic heterocycles. The van der Waals surface area contributed by atoms with Crippen molar-refractivity contribution in [1.29, 1.82) is 0 Å². The number of hydrogen-bond acceptors (Lipinski definition) is 2. The van der Waals surface area contributed by atoms with Gasteiger partial charge >= 0.3 is 11.9 Å². The summed E-state index contributed by atoms with van der Waals surface area (Å²) in [4.78, 5) is 21.3. The second-order valence-electron chi connectivity index (χ2n) is 3.16. The summed E-state index contributed by atoms with van der Waals surface area (Å²) in [6.45, 7) is 3.52. The Bertz CT molecular complexity index is 232. The molecular formula is C10H16O4. The highest BCUT2D eigenvalue weighted by atomic mass is 16.4. The van der Waals surface area contributed by atoms with E-state index in [1.165, 1.54) is 0 Å². The largest absolute Gasteiger partial charge is 0.481 e. The molecule has 14 heavy (non-hydrogen) atoms. The van der Waals surface area contributed by atoms with Gasteiger partial charge in [-0.05, 0) is 12.8 Å². The average molecular weight is 200 g/mol. The van der Waals surface area contributed by atoms with E-state index < -0.39 is 17.9 Å². The molecule has 0 heterocycles. The van der Waals surface area contributed by atoms with Gasteiger partial charge in [-0.25, -0.2) is 0 Å². The minimum absolute atomic E-state index is 0.0994. The summed E-state index contributed by atoms with van der Waals surface area (Å²) in [5.41, 5.74) is 0. The molecule has 0 saturated carbocycles. The van der Waals surface area contributed by atoms with Gasteiger partial charge in [-0.3, -0.25) is 9.59 Å². The van der Waals surface area contributed by atoms with Crippen LogP contribution in [0.5, 0.6) is 0 Å². The smallest absolute Gasteiger partial charge is 0.310 e. The van der Waals surface area contributed by atoms with Gasteiger partial charge in [-0.2, -0.15) is 0 Å². The van der Waals surface area contributed by atoms with E-state index in [2.05, 4.69) is 0 Å². The van der Waals surface area contributed by atoms with Crippen LogP contribution in [0.1, 0.15) is 26.7 Å². The molecule has 2 unspecified atom stereocenters. The van der Waals surface area contributed by atoms with Gasteiger partial charge in [-0.1, -0.05) is 25.5 Å². The molecule has 4 heteroatoms. The van der Waals surface area contributed by atoms with Crippen LogP contribution in [0.4, 0.5) is 0 Å². The van der Waals surface area contributed by atoms with Crippen LogP contribution < -0.4 is 0 Å². The monoisotopic (exact) mass is 200 g/mol. The van der Waals surface area contributed by atoms with Crippen LogP contribution in [0.2, 0.25) is 0 Å². The lowest BCUT2D eigenvalue weighted by Gasteiger charge is -2.17. The molecule has 0 aliphatic carbocycles. The van der Waals surface area contributed by atoms with Crippen molar-refractivity contribution in [1.82, 2.24) is 0 Å². The summed E-state index contributed by atoms with van der Waals surface area (Å²) in [7, 11) is 0. The first-order valence-electron chi connectivity index (χ1n) is 4.60. The van der Waals surface area contributed by atoms with Gasteiger partial charge in [0.2, 0.25) is 0 Å². The second kappa shape index (κ2) is 6.18. The van der Waals surface area contributed by atoms with Crippen LogP contribution in [0.15, 0.2) is 12.2 Å². The summed E-state index contributed by atoms with van der Waals surface area (Å²) >= 11 is 0. The van der Waals surface area contributed by atoms with E-state index in [0.717, 1.165) is 0 Å². The van der Waals surface area contributed by atoms with Crippen LogP contribution in [0, 0.1) is 11.8 Å². The molecular weight excluding hydrogens is 184 g/mol. The number of allylic oxidation sites excluding steroid dienone is 1. The van der Waals surface area contributed by atoms with Gasteiger partial charge in [0.05, 0.1) is 5.92 Å². The zero-order chi connectivity index (χ0) is 11.1. The topological polar surface area (TPSA) is 74.6 Å². The predicted octanol–water partition coefficient (Wildman–Crippen LogP) is 1.76. The minimum atomic E-state index is -0.962. The number of aliphatic carboxylic acids is 2. The fraction of sp³-hybridized carbons (Fsp3) is 0.600. The lowest BCUT2D eigenvalue weighted by atomic mass is 9.87. The first-order chi connectivity index (χ1) is 6.52. The molecule has 0 radical (unpaired) electrons. The number of rotatable bonds is 6. The van der Waals surface area contributed by atoms with Crippen LogP contribution >= 0.6 is 0 Å². The van der Waals surface area contributed by atoms with E-state index in [4.69, 9.17) is 10.2 Å². The van der Waals surface area contributed by atoms with E-state index in [0.29, 0.717) is 6.42 Å². The summed E-state index contributed by atoms with van der Waals surface area (Å²) in [6.07, 6.45) is 3.63. The van der Waals surface area contributed by atoms with Crippen molar-refractivity contribution in [2.24, 2.45) is 11.8 Å². The summed E-state index contributed by atoms with van der Waals surface area (Å²) in [5.74, 6) is -2.94. The maximum absolute atomic E-state index is 10.8. The summed E-state index contributed by atoms with van der Waals surface area (Å²) in [6, 6.07) is 0. The predicted molar refractivity (Wildman–Crippen MR) is 52.0 cm³/mol. The zero-order valence-electron chi connectivity index (χ0n) is 8.43. The maximum atomic E-state index is 10.8. The van der Waals surface area contributed by atoms with Gasteiger partial charge in [0, 0.05) is 6.42 Å². The van der Waals surface area contributed by atoms with Gasteiger partial charge in [0.15, 0.2) is 0 Å². The lowest BCUT2D eigenvalue weighted by molar-refractivity contribution is -0.143.